The van der Waals surface area contributed by atoms with Gasteiger partial charge in [-0.15, -0.1) is 0 Å². The highest BCUT2D eigenvalue weighted by Gasteiger charge is 2.14. The summed E-state index contributed by atoms with van der Waals surface area (Å²) in [4.78, 5) is 12.4. The first-order valence-electron chi connectivity index (χ1n) is 8.52. The van der Waals surface area contributed by atoms with Crippen LogP contribution < -0.4 is 14.8 Å². The first-order valence-corrected chi connectivity index (χ1v) is 8.52. The van der Waals surface area contributed by atoms with Gasteiger partial charge in [0.15, 0.2) is 11.5 Å². The topological polar surface area (TPSA) is 65.4 Å². The van der Waals surface area contributed by atoms with Crippen molar-refractivity contribution in [2.45, 2.75) is 19.4 Å². The van der Waals surface area contributed by atoms with E-state index in [4.69, 9.17) is 9.47 Å². The molecule has 1 aromatic heterocycles. The van der Waals surface area contributed by atoms with E-state index in [0.29, 0.717) is 19.4 Å². The third kappa shape index (κ3) is 3.69. The van der Waals surface area contributed by atoms with Gasteiger partial charge in [0, 0.05) is 24.5 Å². The summed E-state index contributed by atoms with van der Waals surface area (Å²) < 4.78 is 12.5. The smallest absolute Gasteiger partial charge is 0.231 e. The average molecular weight is 349 g/mol. The van der Waals surface area contributed by atoms with E-state index in [1.807, 2.05) is 59.4 Å². The van der Waals surface area contributed by atoms with Crippen LogP contribution in [0.5, 0.6) is 11.5 Å². The number of ether oxygens (including phenoxy) is 2. The van der Waals surface area contributed by atoms with Gasteiger partial charge in [0.2, 0.25) is 12.7 Å². The number of hydrogen-bond acceptors (Lipinski definition) is 4. The molecule has 2 heterocycles. The van der Waals surface area contributed by atoms with Crippen LogP contribution in [0.4, 0.5) is 5.69 Å². The number of para-hydroxylation sites is 1. The lowest BCUT2D eigenvalue weighted by molar-refractivity contribution is -0.116. The van der Waals surface area contributed by atoms with E-state index in [-0.39, 0.29) is 12.7 Å². The number of benzene rings is 2. The highest BCUT2D eigenvalue weighted by Crippen LogP contribution is 2.32. The lowest BCUT2D eigenvalue weighted by atomic mass is 10.1. The Morgan fingerprint density at radius 3 is 2.88 bits per heavy atom. The number of carbonyl (C=O) groups excluding carboxylic acids is 1. The van der Waals surface area contributed by atoms with Crippen molar-refractivity contribution in [3.05, 3.63) is 72.1 Å². The second-order valence-electron chi connectivity index (χ2n) is 6.10. The number of fused-ring (bicyclic) bond motifs is 1. The summed E-state index contributed by atoms with van der Waals surface area (Å²) in [6.07, 6.45) is 4.68. The van der Waals surface area contributed by atoms with Crippen LogP contribution in [0.25, 0.3) is 0 Å². The van der Waals surface area contributed by atoms with Gasteiger partial charge in [-0.25, -0.2) is 0 Å². The molecule has 1 N–H and O–H groups in total. The van der Waals surface area contributed by atoms with E-state index < -0.39 is 0 Å². The Balaban J connectivity index is 1.37. The van der Waals surface area contributed by atoms with Gasteiger partial charge in [-0.1, -0.05) is 24.3 Å². The standard InChI is InChI=1S/C20H19N3O3/c24-20(9-7-15-6-8-18-19(12-15)26-14-25-18)22-17-5-2-1-4-16(17)13-23-11-3-10-21-23/h1-6,8,10-12H,7,9,13-14H2,(H,22,24). The van der Waals surface area contributed by atoms with E-state index in [1.165, 1.54) is 0 Å². The minimum absolute atomic E-state index is 0.0180. The van der Waals surface area contributed by atoms with Crippen LogP contribution in [0.1, 0.15) is 17.5 Å². The number of hydrogen-bond donors (Lipinski definition) is 1. The summed E-state index contributed by atoms with van der Waals surface area (Å²) in [5.41, 5.74) is 2.89. The molecule has 4 rings (SSSR count). The Bertz CT molecular complexity index is 906. The van der Waals surface area contributed by atoms with Gasteiger partial charge in [-0.3, -0.25) is 9.48 Å². The van der Waals surface area contributed by atoms with Crippen LogP contribution in [0.2, 0.25) is 0 Å². The van der Waals surface area contributed by atoms with Crippen molar-refractivity contribution >= 4 is 11.6 Å². The normalized spacial score (nSPS) is 12.2. The lowest BCUT2D eigenvalue weighted by Crippen LogP contribution is -2.14. The van der Waals surface area contributed by atoms with Crippen molar-refractivity contribution in [1.29, 1.82) is 0 Å². The molecule has 3 aromatic rings. The van der Waals surface area contributed by atoms with E-state index in [9.17, 15) is 4.79 Å². The summed E-state index contributed by atoms with van der Waals surface area (Å²) in [5, 5.41) is 7.23. The van der Waals surface area contributed by atoms with Crippen LogP contribution in [0.3, 0.4) is 0 Å². The molecular formula is C20H19N3O3. The Hall–Kier alpha value is -3.28. The summed E-state index contributed by atoms with van der Waals surface area (Å²) in [6, 6.07) is 15.4. The second-order valence-corrected chi connectivity index (χ2v) is 6.10. The number of anilines is 1. The Morgan fingerprint density at radius 1 is 1.12 bits per heavy atom. The van der Waals surface area contributed by atoms with Crippen molar-refractivity contribution in [2.75, 3.05) is 12.1 Å². The summed E-state index contributed by atoms with van der Waals surface area (Å²) in [7, 11) is 0. The van der Waals surface area contributed by atoms with E-state index in [2.05, 4.69) is 10.4 Å². The van der Waals surface area contributed by atoms with Gasteiger partial charge >= 0.3 is 0 Å². The molecule has 0 atom stereocenters. The van der Waals surface area contributed by atoms with Gasteiger partial charge in [-0.05, 0) is 41.8 Å². The molecule has 6 heteroatoms. The maximum atomic E-state index is 12.4. The molecule has 132 valence electrons. The summed E-state index contributed by atoms with van der Waals surface area (Å²) in [6.45, 7) is 0.873. The molecule has 0 saturated heterocycles. The van der Waals surface area contributed by atoms with Crippen molar-refractivity contribution in [3.8, 4) is 11.5 Å². The Kier molecular flexibility index (Phi) is 4.55. The number of nitrogens with zero attached hydrogens (tertiary/aromatic N) is 2. The predicted molar refractivity (Wildman–Crippen MR) is 97.3 cm³/mol. The Labute approximate surface area is 151 Å². The zero-order valence-corrected chi connectivity index (χ0v) is 14.2. The largest absolute Gasteiger partial charge is 0.454 e. The molecule has 1 aliphatic heterocycles. The third-order valence-electron chi connectivity index (χ3n) is 4.26. The number of carbonyl (C=O) groups is 1. The monoisotopic (exact) mass is 349 g/mol. The molecule has 2 aromatic carbocycles. The quantitative estimate of drug-likeness (QED) is 0.742. The number of aromatic nitrogens is 2. The van der Waals surface area contributed by atoms with Crippen molar-refractivity contribution in [3.63, 3.8) is 0 Å². The minimum atomic E-state index is -0.0180. The van der Waals surface area contributed by atoms with Gasteiger partial charge in [0.25, 0.3) is 0 Å². The molecule has 0 radical (unpaired) electrons. The number of rotatable bonds is 6. The zero-order chi connectivity index (χ0) is 17.8. The second kappa shape index (κ2) is 7.31. The number of aryl methyl sites for hydroxylation is 1. The highest BCUT2D eigenvalue weighted by atomic mass is 16.7. The molecule has 1 amide bonds. The SMILES string of the molecule is O=C(CCc1ccc2c(c1)OCO2)Nc1ccccc1Cn1cccn1. The number of amides is 1. The lowest BCUT2D eigenvalue weighted by Gasteiger charge is -2.11. The van der Waals surface area contributed by atoms with E-state index in [0.717, 1.165) is 28.3 Å². The summed E-state index contributed by atoms with van der Waals surface area (Å²) >= 11 is 0. The predicted octanol–water partition coefficient (Wildman–Crippen LogP) is 3.23. The maximum absolute atomic E-state index is 12.4. The van der Waals surface area contributed by atoms with Gasteiger partial charge in [-0.2, -0.15) is 5.10 Å². The van der Waals surface area contributed by atoms with Gasteiger partial charge in [0.1, 0.15) is 0 Å². The average Bonchev–Trinajstić information content (AvgIpc) is 3.32. The fourth-order valence-electron chi connectivity index (χ4n) is 2.92. The molecule has 0 fully saturated rings. The number of nitrogens with one attached hydrogen (secondary N) is 1. The van der Waals surface area contributed by atoms with Crippen molar-refractivity contribution in [2.24, 2.45) is 0 Å². The maximum Gasteiger partial charge on any atom is 0.231 e. The van der Waals surface area contributed by atoms with Crippen LogP contribution in [-0.2, 0) is 17.8 Å². The Morgan fingerprint density at radius 2 is 2.00 bits per heavy atom. The first kappa shape index (κ1) is 16.2. The minimum Gasteiger partial charge on any atom is -0.454 e. The molecule has 0 unspecified atom stereocenters. The molecule has 0 bridgehead atoms. The molecule has 26 heavy (non-hydrogen) atoms. The van der Waals surface area contributed by atoms with Crippen LogP contribution in [-0.4, -0.2) is 22.5 Å². The highest BCUT2D eigenvalue weighted by molar-refractivity contribution is 5.91. The van der Waals surface area contributed by atoms with Gasteiger partial charge < -0.3 is 14.8 Å². The molecule has 0 saturated carbocycles. The molecule has 6 nitrogen and oxygen atoms in total. The molecule has 0 aliphatic carbocycles. The first-order chi connectivity index (χ1) is 12.8. The fraction of sp³-hybridized carbons (Fsp3) is 0.200. The van der Waals surface area contributed by atoms with E-state index >= 15 is 0 Å². The van der Waals surface area contributed by atoms with Crippen LogP contribution in [0.15, 0.2) is 60.9 Å². The zero-order valence-electron chi connectivity index (χ0n) is 14.2. The molecule has 1 aliphatic rings. The third-order valence-corrected chi connectivity index (χ3v) is 4.26. The van der Waals surface area contributed by atoms with E-state index in [1.54, 1.807) is 6.20 Å². The van der Waals surface area contributed by atoms with Crippen LogP contribution >= 0.6 is 0 Å². The molecule has 0 spiro atoms. The van der Waals surface area contributed by atoms with Gasteiger partial charge in [0.05, 0.1) is 6.54 Å². The summed E-state index contributed by atoms with van der Waals surface area (Å²) in [5.74, 6) is 1.48. The van der Waals surface area contributed by atoms with Crippen LogP contribution in [0, 0.1) is 0 Å². The van der Waals surface area contributed by atoms with Crippen molar-refractivity contribution < 1.29 is 14.3 Å². The molecular weight excluding hydrogens is 330 g/mol. The van der Waals surface area contributed by atoms with Crippen molar-refractivity contribution in [1.82, 2.24) is 9.78 Å². The fourth-order valence-corrected chi connectivity index (χ4v) is 2.92.